The number of thiophene rings is 2. The largest absolute Gasteiger partial charge is 0.301 e. The highest BCUT2D eigenvalue weighted by Gasteiger charge is 2.00. The Balaban J connectivity index is 1.40. The van der Waals surface area contributed by atoms with Crippen molar-refractivity contribution < 1.29 is 0 Å². The molecule has 0 saturated carbocycles. The van der Waals surface area contributed by atoms with Crippen molar-refractivity contribution in [3.05, 3.63) is 83.6 Å². The molecule has 0 aliphatic rings. The lowest BCUT2D eigenvalue weighted by Gasteiger charge is -2.10. The van der Waals surface area contributed by atoms with E-state index in [0.717, 1.165) is 11.4 Å². The van der Waals surface area contributed by atoms with Crippen molar-refractivity contribution in [2.24, 2.45) is 0 Å². The highest BCUT2D eigenvalue weighted by molar-refractivity contribution is 7.13. The van der Waals surface area contributed by atoms with Crippen LogP contribution in [0.2, 0.25) is 0 Å². The molecular formula is C20H16N2S2. The topological polar surface area (TPSA) is 24.1 Å². The smallest absolute Gasteiger partial charge is 0.0540 e. The van der Waals surface area contributed by atoms with Gasteiger partial charge in [-0.3, -0.25) is 0 Å². The van der Waals surface area contributed by atoms with E-state index in [1.54, 1.807) is 22.7 Å². The van der Waals surface area contributed by atoms with Crippen molar-refractivity contribution in [1.29, 1.82) is 0 Å². The van der Waals surface area contributed by atoms with Crippen LogP contribution < -0.4 is 10.9 Å². The molecule has 118 valence electrons. The fourth-order valence-electron chi connectivity index (χ4n) is 2.47. The van der Waals surface area contributed by atoms with Crippen molar-refractivity contribution in [2.45, 2.75) is 0 Å². The SMILES string of the molecule is c1csc(-c2ccc(NNc3ccc(-c4cccs4)cc3)cc2)c1. The van der Waals surface area contributed by atoms with Gasteiger partial charge in [-0.05, 0) is 58.3 Å². The van der Waals surface area contributed by atoms with Gasteiger partial charge in [0.25, 0.3) is 0 Å². The number of rotatable bonds is 5. The quantitative estimate of drug-likeness (QED) is 0.398. The highest BCUT2D eigenvalue weighted by Crippen LogP contribution is 2.27. The third kappa shape index (κ3) is 3.35. The molecule has 2 heterocycles. The number of benzene rings is 2. The molecule has 0 amide bonds. The molecule has 24 heavy (non-hydrogen) atoms. The molecule has 4 aromatic rings. The summed E-state index contributed by atoms with van der Waals surface area (Å²) in [7, 11) is 0. The van der Waals surface area contributed by atoms with Gasteiger partial charge in [0.1, 0.15) is 0 Å². The van der Waals surface area contributed by atoms with Crippen molar-refractivity contribution in [3.63, 3.8) is 0 Å². The Morgan fingerprint density at radius 2 is 0.917 bits per heavy atom. The molecule has 0 aliphatic carbocycles. The van der Waals surface area contributed by atoms with Crippen molar-refractivity contribution >= 4 is 34.0 Å². The molecule has 0 unspecified atom stereocenters. The second-order valence-corrected chi connectivity index (χ2v) is 7.25. The van der Waals surface area contributed by atoms with Crippen LogP contribution in [0.4, 0.5) is 11.4 Å². The molecule has 2 nitrogen and oxygen atoms in total. The predicted molar refractivity (Wildman–Crippen MR) is 107 cm³/mol. The van der Waals surface area contributed by atoms with E-state index in [-0.39, 0.29) is 0 Å². The van der Waals surface area contributed by atoms with E-state index in [4.69, 9.17) is 0 Å². The molecule has 0 bridgehead atoms. The number of nitrogens with one attached hydrogen (secondary N) is 2. The van der Waals surface area contributed by atoms with Gasteiger partial charge in [0, 0.05) is 9.75 Å². The van der Waals surface area contributed by atoms with E-state index >= 15 is 0 Å². The van der Waals surface area contributed by atoms with Gasteiger partial charge in [0.15, 0.2) is 0 Å². The Morgan fingerprint density at radius 1 is 0.500 bits per heavy atom. The van der Waals surface area contributed by atoms with Crippen molar-refractivity contribution in [1.82, 2.24) is 0 Å². The lowest BCUT2D eigenvalue weighted by atomic mass is 10.2. The van der Waals surface area contributed by atoms with E-state index < -0.39 is 0 Å². The van der Waals surface area contributed by atoms with Crippen LogP contribution in [0.25, 0.3) is 20.9 Å². The maximum absolute atomic E-state index is 3.24. The second-order valence-electron chi connectivity index (χ2n) is 5.36. The van der Waals surface area contributed by atoms with E-state index in [0.29, 0.717) is 0 Å². The molecular weight excluding hydrogens is 332 g/mol. The Kier molecular flexibility index (Phi) is 4.32. The Morgan fingerprint density at radius 3 is 1.25 bits per heavy atom. The van der Waals surface area contributed by atoms with Crippen LogP contribution in [0.5, 0.6) is 0 Å². The van der Waals surface area contributed by atoms with Gasteiger partial charge in [-0.1, -0.05) is 36.4 Å². The molecule has 2 aromatic heterocycles. The minimum absolute atomic E-state index is 1.04. The summed E-state index contributed by atoms with van der Waals surface area (Å²) >= 11 is 3.51. The molecule has 4 heteroatoms. The van der Waals surface area contributed by atoms with Gasteiger partial charge in [-0.15, -0.1) is 22.7 Å². The van der Waals surface area contributed by atoms with Gasteiger partial charge in [-0.2, -0.15) is 0 Å². The van der Waals surface area contributed by atoms with Crippen LogP contribution in [0.1, 0.15) is 0 Å². The average molecular weight is 348 g/mol. The molecule has 0 radical (unpaired) electrons. The summed E-state index contributed by atoms with van der Waals surface area (Å²) in [5, 5.41) is 4.20. The van der Waals surface area contributed by atoms with Gasteiger partial charge < -0.3 is 10.9 Å². The molecule has 0 aliphatic heterocycles. The van der Waals surface area contributed by atoms with Gasteiger partial charge in [0.2, 0.25) is 0 Å². The lowest BCUT2D eigenvalue weighted by molar-refractivity contribution is 1.41. The van der Waals surface area contributed by atoms with Crippen LogP contribution in [0.3, 0.4) is 0 Å². The molecule has 0 saturated heterocycles. The zero-order chi connectivity index (χ0) is 16.2. The number of hydrazine groups is 1. The highest BCUT2D eigenvalue weighted by atomic mass is 32.1. The van der Waals surface area contributed by atoms with Crippen LogP contribution >= 0.6 is 22.7 Å². The zero-order valence-corrected chi connectivity index (χ0v) is 14.5. The summed E-state index contributed by atoms with van der Waals surface area (Å²) in [6.07, 6.45) is 0. The maximum Gasteiger partial charge on any atom is 0.0540 e. The number of hydrogen-bond donors (Lipinski definition) is 2. The molecule has 2 aromatic carbocycles. The minimum atomic E-state index is 1.04. The molecule has 4 rings (SSSR count). The first-order valence-electron chi connectivity index (χ1n) is 7.68. The van der Waals surface area contributed by atoms with Crippen LogP contribution in [-0.2, 0) is 0 Å². The Hall–Kier alpha value is -2.56. The first kappa shape index (κ1) is 15.0. The van der Waals surface area contributed by atoms with Gasteiger partial charge >= 0.3 is 0 Å². The van der Waals surface area contributed by atoms with Crippen molar-refractivity contribution in [3.8, 4) is 20.9 Å². The van der Waals surface area contributed by atoms with Gasteiger partial charge in [0.05, 0.1) is 11.4 Å². The molecule has 2 N–H and O–H groups in total. The fourth-order valence-corrected chi connectivity index (χ4v) is 3.93. The summed E-state index contributed by atoms with van der Waals surface area (Å²) in [6, 6.07) is 25.3. The number of hydrogen-bond acceptors (Lipinski definition) is 4. The normalized spacial score (nSPS) is 10.5. The first-order valence-corrected chi connectivity index (χ1v) is 9.44. The monoisotopic (exact) mass is 348 g/mol. The van der Waals surface area contributed by atoms with E-state index in [1.807, 2.05) is 0 Å². The average Bonchev–Trinajstić information content (AvgIpc) is 3.34. The molecule has 0 spiro atoms. The van der Waals surface area contributed by atoms with Crippen LogP contribution in [0.15, 0.2) is 83.6 Å². The van der Waals surface area contributed by atoms with E-state index in [9.17, 15) is 0 Å². The third-order valence-electron chi connectivity index (χ3n) is 3.73. The Bertz CT molecular complexity index is 800. The maximum atomic E-state index is 3.24. The molecule has 0 fully saturated rings. The Labute approximate surface area is 149 Å². The van der Waals surface area contributed by atoms with Crippen LogP contribution in [0, 0.1) is 0 Å². The zero-order valence-electron chi connectivity index (χ0n) is 12.9. The van der Waals surface area contributed by atoms with Gasteiger partial charge in [-0.25, -0.2) is 0 Å². The summed E-state index contributed by atoms with van der Waals surface area (Å²) < 4.78 is 0. The summed E-state index contributed by atoms with van der Waals surface area (Å²) in [5.41, 5.74) is 11.1. The standard InChI is InChI=1S/C20H16N2S2/c1-3-19(23-13-1)15-5-9-17(10-6-15)21-22-18-11-7-16(8-12-18)20-4-2-14-24-20/h1-14,21-22H. The summed E-state index contributed by atoms with van der Waals surface area (Å²) in [6.45, 7) is 0. The second kappa shape index (κ2) is 6.91. The van der Waals surface area contributed by atoms with Crippen LogP contribution in [-0.4, -0.2) is 0 Å². The van der Waals surface area contributed by atoms with E-state index in [1.165, 1.54) is 20.9 Å². The van der Waals surface area contributed by atoms with E-state index in [2.05, 4.69) is 94.4 Å². The molecule has 0 atom stereocenters. The third-order valence-corrected chi connectivity index (χ3v) is 5.57. The predicted octanol–water partition coefficient (Wildman–Crippen LogP) is 6.58. The summed E-state index contributed by atoms with van der Waals surface area (Å²) in [5.74, 6) is 0. The lowest BCUT2D eigenvalue weighted by Crippen LogP contribution is -2.08. The van der Waals surface area contributed by atoms with Crippen molar-refractivity contribution in [2.75, 3.05) is 10.9 Å². The minimum Gasteiger partial charge on any atom is -0.301 e. The number of anilines is 2. The summed E-state index contributed by atoms with van der Waals surface area (Å²) in [4.78, 5) is 2.58. The fraction of sp³-hybridized carbons (Fsp3) is 0. The first-order chi connectivity index (χ1) is 11.9.